The molecule has 0 heterocycles. The Labute approximate surface area is 171 Å². The van der Waals surface area contributed by atoms with Crippen molar-refractivity contribution in [3.63, 3.8) is 0 Å². The van der Waals surface area contributed by atoms with Crippen LogP contribution in [0, 0.1) is 0 Å². The third-order valence-corrected chi connectivity index (χ3v) is 4.49. The lowest BCUT2D eigenvalue weighted by Crippen LogP contribution is -2.33. The molecule has 0 fully saturated rings. The fourth-order valence-corrected chi connectivity index (χ4v) is 3.23. The van der Waals surface area contributed by atoms with Crippen LogP contribution in [0.2, 0.25) is 0 Å². The molecular formula is C24H27NO4. The van der Waals surface area contributed by atoms with Crippen LogP contribution in [0.4, 0.5) is 4.79 Å². The van der Waals surface area contributed by atoms with Gasteiger partial charge >= 0.3 is 12.1 Å². The van der Waals surface area contributed by atoms with Gasteiger partial charge in [0.25, 0.3) is 0 Å². The second-order valence-electron chi connectivity index (χ2n) is 7.99. The lowest BCUT2D eigenvalue weighted by Gasteiger charge is -2.19. The summed E-state index contributed by atoms with van der Waals surface area (Å²) < 4.78 is 10.7. The van der Waals surface area contributed by atoms with Crippen LogP contribution in [0.25, 0.3) is 21.5 Å². The summed E-state index contributed by atoms with van der Waals surface area (Å²) in [6.45, 7) is 6.00. The second-order valence-corrected chi connectivity index (χ2v) is 7.99. The first-order valence-corrected chi connectivity index (χ1v) is 9.85. The summed E-state index contributed by atoms with van der Waals surface area (Å²) in [5, 5.41) is 7.07. The van der Waals surface area contributed by atoms with Gasteiger partial charge in [-0.2, -0.15) is 0 Å². The highest BCUT2D eigenvalue weighted by atomic mass is 16.6. The highest BCUT2D eigenvalue weighted by Crippen LogP contribution is 2.29. The first-order valence-electron chi connectivity index (χ1n) is 9.85. The van der Waals surface area contributed by atoms with Crippen molar-refractivity contribution in [3.8, 4) is 0 Å². The van der Waals surface area contributed by atoms with E-state index in [0.29, 0.717) is 13.0 Å². The maximum Gasteiger partial charge on any atom is 0.407 e. The molecule has 3 rings (SSSR count). The molecular weight excluding hydrogens is 366 g/mol. The third kappa shape index (κ3) is 5.70. The van der Waals surface area contributed by atoms with Gasteiger partial charge in [-0.05, 0) is 54.8 Å². The van der Waals surface area contributed by atoms with Crippen LogP contribution in [0.5, 0.6) is 0 Å². The molecule has 1 amide bonds. The zero-order valence-corrected chi connectivity index (χ0v) is 17.2. The molecule has 5 heteroatoms. The van der Waals surface area contributed by atoms with Crippen molar-refractivity contribution in [2.45, 2.75) is 45.8 Å². The lowest BCUT2D eigenvalue weighted by atomic mass is 9.97. The Morgan fingerprint density at radius 2 is 1.52 bits per heavy atom. The summed E-state index contributed by atoms with van der Waals surface area (Å²) in [7, 11) is 0. The van der Waals surface area contributed by atoms with Gasteiger partial charge in [0.2, 0.25) is 0 Å². The number of fused-ring (bicyclic) bond motifs is 2. The van der Waals surface area contributed by atoms with Crippen LogP contribution in [-0.4, -0.2) is 24.2 Å². The summed E-state index contributed by atoms with van der Waals surface area (Å²) in [5.74, 6) is -0.284. The van der Waals surface area contributed by atoms with Crippen LogP contribution in [0.15, 0.2) is 54.6 Å². The number of alkyl carbamates (subject to hydrolysis) is 1. The number of nitrogens with one attached hydrogen (secondary N) is 1. The van der Waals surface area contributed by atoms with E-state index in [1.807, 2.05) is 24.3 Å². The van der Waals surface area contributed by atoms with E-state index >= 15 is 0 Å². The van der Waals surface area contributed by atoms with E-state index in [0.717, 1.165) is 27.1 Å². The minimum Gasteiger partial charge on any atom is -0.461 e. The van der Waals surface area contributed by atoms with Gasteiger partial charge in [-0.1, -0.05) is 48.5 Å². The molecule has 0 spiro atoms. The van der Waals surface area contributed by atoms with Crippen LogP contribution >= 0.6 is 0 Å². The average Bonchev–Trinajstić information content (AvgIpc) is 2.67. The number of carbonyl (C=O) groups is 2. The molecule has 3 aromatic rings. The molecule has 0 radical (unpaired) electrons. The number of hydrogen-bond donors (Lipinski definition) is 1. The van der Waals surface area contributed by atoms with Crippen molar-refractivity contribution in [2.75, 3.05) is 6.54 Å². The van der Waals surface area contributed by atoms with E-state index in [-0.39, 0.29) is 19.0 Å². The van der Waals surface area contributed by atoms with Crippen molar-refractivity contribution in [1.29, 1.82) is 0 Å². The first-order chi connectivity index (χ1) is 13.8. The molecule has 1 N–H and O–H groups in total. The Hall–Kier alpha value is -3.08. The first kappa shape index (κ1) is 20.6. The quantitative estimate of drug-likeness (QED) is 0.349. The van der Waals surface area contributed by atoms with Crippen LogP contribution in [0.1, 0.15) is 39.2 Å². The molecule has 0 aromatic heterocycles. The summed E-state index contributed by atoms with van der Waals surface area (Å²) in [4.78, 5) is 23.8. The largest absolute Gasteiger partial charge is 0.461 e. The van der Waals surface area contributed by atoms with Crippen molar-refractivity contribution in [2.24, 2.45) is 0 Å². The van der Waals surface area contributed by atoms with Crippen molar-refractivity contribution < 1.29 is 19.1 Å². The number of carbonyl (C=O) groups excluding carboxylic acids is 2. The molecule has 0 unspecified atom stereocenters. The number of ether oxygens (including phenoxy) is 2. The highest BCUT2D eigenvalue weighted by molar-refractivity contribution is 6.02. The van der Waals surface area contributed by atoms with Gasteiger partial charge in [-0.3, -0.25) is 4.79 Å². The fourth-order valence-electron chi connectivity index (χ4n) is 3.23. The van der Waals surface area contributed by atoms with E-state index in [2.05, 4.69) is 35.6 Å². The lowest BCUT2D eigenvalue weighted by molar-refractivity contribution is -0.144. The maximum absolute atomic E-state index is 12.2. The van der Waals surface area contributed by atoms with Crippen LogP contribution in [0.3, 0.4) is 0 Å². The molecule has 0 aliphatic rings. The van der Waals surface area contributed by atoms with Crippen LogP contribution in [-0.2, 0) is 20.9 Å². The highest BCUT2D eigenvalue weighted by Gasteiger charge is 2.16. The van der Waals surface area contributed by atoms with Gasteiger partial charge < -0.3 is 14.8 Å². The van der Waals surface area contributed by atoms with E-state index < -0.39 is 11.7 Å². The Balaban J connectivity index is 1.57. The molecule has 29 heavy (non-hydrogen) atoms. The average molecular weight is 393 g/mol. The summed E-state index contributed by atoms with van der Waals surface area (Å²) >= 11 is 0. The van der Waals surface area contributed by atoms with Crippen LogP contribution < -0.4 is 5.32 Å². The van der Waals surface area contributed by atoms with E-state index in [1.165, 1.54) is 0 Å². The molecule has 152 valence electrons. The number of esters is 1. The zero-order chi connectivity index (χ0) is 20.9. The number of rotatable bonds is 6. The predicted octanol–water partition coefficient (Wildman–Crippen LogP) is 5.34. The SMILES string of the molecule is CC(C)(C)OC(=O)NCCCC(=O)OCc1c2ccccc2cc2ccccc12. The van der Waals surface area contributed by atoms with Crippen molar-refractivity contribution in [1.82, 2.24) is 5.32 Å². The second kappa shape index (κ2) is 8.95. The normalized spacial score (nSPS) is 11.4. The van der Waals surface area contributed by atoms with Gasteiger partial charge in [-0.15, -0.1) is 0 Å². The minimum absolute atomic E-state index is 0.222. The Kier molecular flexibility index (Phi) is 6.37. The van der Waals surface area contributed by atoms with Crippen molar-refractivity contribution >= 4 is 33.6 Å². The molecule has 0 bridgehead atoms. The minimum atomic E-state index is -0.537. The summed E-state index contributed by atoms with van der Waals surface area (Å²) in [6, 6.07) is 18.4. The molecule has 0 saturated carbocycles. The van der Waals surface area contributed by atoms with Gasteiger partial charge in [0.15, 0.2) is 0 Å². The number of amides is 1. The molecule has 0 atom stereocenters. The molecule has 0 aliphatic heterocycles. The molecule has 0 aliphatic carbocycles. The molecule has 0 saturated heterocycles. The zero-order valence-electron chi connectivity index (χ0n) is 17.2. The van der Waals surface area contributed by atoms with Gasteiger partial charge in [-0.25, -0.2) is 4.79 Å². The summed E-state index contributed by atoms with van der Waals surface area (Å²) in [5.41, 5.74) is 0.475. The third-order valence-electron chi connectivity index (χ3n) is 4.49. The predicted molar refractivity (Wildman–Crippen MR) is 115 cm³/mol. The van der Waals surface area contributed by atoms with E-state index in [9.17, 15) is 9.59 Å². The van der Waals surface area contributed by atoms with Gasteiger partial charge in [0, 0.05) is 18.5 Å². The topological polar surface area (TPSA) is 64.6 Å². The number of benzene rings is 3. The molecule has 3 aromatic carbocycles. The van der Waals surface area contributed by atoms with Gasteiger partial charge in [0.1, 0.15) is 12.2 Å². The summed E-state index contributed by atoms with van der Waals surface area (Å²) in [6.07, 6.45) is 0.250. The monoisotopic (exact) mass is 393 g/mol. The Morgan fingerprint density at radius 3 is 2.10 bits per heavy atom. The van der Waals surface area contributed by atoms with E-state index in [1.54, 1.807) is 20.8 Å². The Morgan fingerprint density at radius 1 is 0.931 bits per heavy atom. The van der Waals surface area contributed by atoms with E-state index in [4.69, 9.17) is 9.47 Å². The fraction of sp³-hybridized carbons (Fsp3) is 0.333. The van der Waals surface area contributed by atoms with Crippen molar-refractivity contribution in [3.05, 3.63) is 60.2 Å². The molecule has 5 nitrogen and oxygen atoms in total. The maximum atomic E-state index is 12.2. The number of hydrogen-bond acceptors (Lipinski definition) is 4. The van der Waals surface area contributed by atoms with Gasteiger partial charge in [0.05, 0.1) is 0 Å². The Bertz CT molecular complexity index is 966. The standard InChI is InChI=1S/C24H27NO4/c1-24(2,3)29-23(27)25-14-8-13-22(26)28-16-21-19-11-6-4-9-17(19)15-18-10-5-7-12-20(18)21/h4-7,9-12,15H,8,13-14,16H2,1-3H3,(H,25,27). The smallest absolute Gasteiger partial charge is 0.407 e.